The Balaban J connectivity index is 0.000000500. The summed E-state index contributed by atoms with van der Waals surface area (Å²) in [7, 11) is 0. The van der Waals surface area contributed by atoms with E-state index in [1.165, 1.54) is 5.38 Å². The van der Waals surface area contributed by atoms with Crippen LogP contribution in [0.25, 0.3) is 0 Å². The van der Waals surface area contributed by atoms with Gasteiger partial charge in [0.1, 0.15) is 6.07 Å². The fourth-order valence-corrected chi connectivity index (χ4v) is 1.53. The number of nitro groups is 1. The molecule has 0 aliphatic rings. The summed E-state index contributed by atoms with van der Waals surface area (Å²) in [5, 5.41) is 20.3. The van der Waals surface area contributed by atoms with Gasteiger partial charge >= 0.3 is 11.2 Å². The minimum absolute atomic E-state index is 0.0570. The van der Waals surface area contributed by atoms with Crippen molar-refractivity contribution < 1.29 is 14.5 Å². The molecule has 0 spiro atoms. The summed E-state index contributed by atoms with van der Waals surface area (Å²) in [6.07, 6.45) is 0.250. The quantitative estimate of drug-likeness (QED) is 0.515. The maximum Gasteiger partial charge on any atom is 0.373 e. The molecule has 0 radical (unpaired) electrons. The Morgan fingerprint density at radius 2 is 2.07 bits per heavy atom. The van der Waals surface area contributed by atoms with Crippen LogP contribution in [0.2, 0.25) is 0 Å². The molecule has 72 valence electrons. The standard InChI is InChI=1S/C6H4N2O2S.CO2/c1-4-5(2-7)3-11-6(4)8(9)10;2-1-3/h3H,1H3;. The minimum Gasteiger partial charge on any atom is -0.258 e. The topological polar surface area (TPSA) is 101 Å². The Morgan fingerprint density at radius 1 is 1.57 bits per heavy atom. The second-order valence-corrected chi connectivity index (χ2v) is 2.89. The van der Waals surface area contributed by atoms with E-state index in [0.29, 0.717) is 11.1 Å². The molecule has 0 atom stereocenters. The van der Waals surface area contributed by atoms with Gasteiger partial charge in [0, 0.05) is 5.38 Å². The molecule has 0 amide bonds. The zero-order valence-electron chi connectivity index (χ0n) is 7.01. The van der Waals surface area contributed by atoms with Crippen LogP contribution in [-0.2, 0) is 9.59 Å². The van der Waals surface area contributed by atoms with Crippen LogP contribution >= 0.6 is 11.3 Å². The molecule has 0 unspecified atom stereocenters. The molecule has 0 N–H and O–H groups in total. The molecule has 1 rings (SSSR count). The molecule has 6 nitrogen and oxygen atoms in total. The van der Waals surface area contributed by atoms with Crippen LogP contribution in [-0.4, -0.2) is 11.1 Å². The van der Waals surface area contributed by atoms with Gasteiger partial charge in [0.2, 0.25) is 0 Å². The van der Waals surface area contributed by atoms with Crippen LogP contribution in [0.15, 0.2) is 5.38 Å². The molecule has 0 aliphatic carbocycles. The molecular formula is C7H4N2O4S. The Bertz CT molecular complexity index is 412. The first kappa shape index (κ1) is 12.0. The third-order valence-electron chi connectivity index (χ3n) is 1.30. The van der Waals surface area contributed by atoms with Crippen LogP contribution in [0.5, 0.6) is 0 Å². The number of rotatable bonds is 1. The van der Waals surface area contributed by atoms with E-state index in [4.69, 9.17) is 14.9 Å². The molecule has 0 saturated carbocycles. The first-order valence-corrected chi connectivity index (χ1v) is 4.08. The van der Waals surface area contributed by atoms with Gasteiger partial charge in [-0.3, -0.25) is 10.1 Å². The number of nitrogens with zero attached hydrogens (tertiary/aromatic N) is 2. The second-order valence-electron chi connectivity index (χ2n) is 2.03. The van der Waals surface area contributed by atoms with Crippen LogP contribution in [0.3, 0.4) is 0 Å². The third-order valence-corrected chi connectivity index (χ3v) is 2.33. The van der Waals surface area contributed by atoms with Gasteiger partial charge in [-0.25, -0.2) is 0 Å². The van der Waals surface area contributed by atoms with Crippen molar-refractivity contribution in [2.24, 2.45) is 0 Å². The van der Waals surface area contributed by atoms with E-state index in [0.717, 1.165) is 11.3 Å². The number of hydrogen-bond acceptors (Lipinski definition) is 6. The predicted molar refractivity (Wildman–Crippen MR) is 45.4 cm³/mol. The lowest BCUT2D eigenvalue weighted by Crippen LogP contribution is -1.86. The number of nitriles is 1. The van der Waals surface area contributed by atoms with Gasteiger partial charge in [-0.15, -0.1) is 0 Å². The molecule has 7 heteroatoms. The van der Waals surface area contributed by atoms with Crippen molar-refractivity contribution in [2.45, 2.75) is 6.92 Å². The fourth-order valence-electron chi connectivity index (χ4n) is 0.697. The van der Waals surface area contributed by atoms with Crippen molar-refractivity contribution in [3.05, 3.63) is 26.6 Å². The molecule has 1 aromatic rings. The summed E-state index contributed by atoms with van der Waals surface area (Å²) < 4.78 is 0. The van der Waals surface area contributed by atoms with Gasteiger partial charge in [0.25, 0.3) is 0 Å². The van der Waals surface area contributed by atoms with Crippen LogP contribution in [0, 0.1) is 28.4 Å². The van der Waals surface area contributed by atoms with E-state index in [-0.39, 0.29) is 11.2 Å². The molecule has 1 aromatic heterocycles. The maximum absolute atomic E-state index is 10.3. The van der Waals surface area contributed by atoms with E-state index in [1.807, 2.05) is 6.07 Å². The van der Waals surface area contributed by atoms with Crippen molar-refractivity contribution in [3.8, 4) is 6.07 Å². The SMILES string of the molecule is Cc1c(C#N)csc1[N+](=O)[O-].O=C=O. The molecule has 14 heavy (non-hydrogen) atoms. The predicted octanol–water partition coefficient (Wildman–Crippen LogP) is 1.25. The van der Waals surface area contributed by atoms with Gasteiger partial charge in [0.15, 0.2) is 0 Å². The van der Waals surface area contributed by atoms with Crippen molar-refractivity contribution in [2.75, 3.05) is 0 Å². The fraction of sp³-hybridized carbons (Fsp3) is 0.143. The average molecular weight is 212 g/mol. The highest BCUT2D eigenvalue weighted by Gasteiger charge is 2.15. The largest absolute Gasteiger partial charge is 0.373 e. The summed E-state index contributed by atoms with van der Waals surface area (Å²) in [5.74, 6) is 0. The highest BCUT2D eigenvalue weighted by atomic mass is 32.1. The molecular weight excluding hydrogens is 208 g/mol. The van der Waals surface area contributed by atoms with Crippen LogP contribution < -0.4 is 0 Å². The van der Waals surface area contributed by atoms with Crippen molar-refractivity contribution >= 4 is 22.5 Å². The lowest BCUT2D eigenvalue weighted by Gasteiger charge is -1.85. The van der Waals surface area contributed by atoms with E-state index < -0.39 is 4.92 Å². The number of thiophene rings is 1. The molecule has 0 fully saturated rings. The Morgan fingerprint density at radius 3 is 2.29 bits per heavy atom. The Labute approximate surface area is 82.5 Å². The monoisotopic (exact) mass is 212 g/mol. The Kier molecular flexibility index (Phi) is 4.78. The third kappa shape index (κ3) is 2.79. The Hall–Kier alpha value is -2.03. The van der Waals surface area contributed by atoms with Crippen molar-refractivity contribution in [1.29, 1.82) is 5.26 Å². The summed E-state index contributed by atoms with van der Waals surface area (Å²) in [6.45, 7) is 1.58. The highest BCUT2D eigenvalue weighted by molar-refractivity contribution is 7.13. The van der Waals surface area contributed by atoms with Gasteiger partial charge in [-0.2, -0.15) is 14.9 Å². The molecule has 1 heterocycles. The van der Waals surface area contributed by atoms with E-state index in [9.17, 15) is 10.1 Å². The van der Waals surface area contributed by atoms with Gasteiger partial charge in [-0.05, 0) is 6.92 Å². The first-order valence-electron chi connectivity index (χ1n) is 3.20. The molecule has 0 saturated heterocycles. The average Bonchev–Trinajstić information content (AvgIpc) is 2.48. The van der Waals surface area contributed by atoms with Crippen molar-refractivity contribution in [1.82, 2.24) is 0 Å². The highest BCUT2D eigenvalue weighted by Crippen LogP contribution is 2.28. The summed E-state index contributed by atoms with van der Waals surface area (Å²) >= 11 is 0.987. The van der Waals surface area contributed by atoms with E-state index >= 15 is 0 Å². The van der Waals surface area contributed by atoms with Gasteiger partial charge < -0.3 is 0 Å². The van der Waals surface area contributed by atoms with E-state index in [2.05, 4.69) is 0 Å². The van der Waals surface area contributed by atoms with Crippen molar-refractivity contribution in [3.63, 3.8) is 0 Å². The van der Waals surface area contributed by atoms with Gasteiger partial charge in [-0.1, -0.05) is 11.3 Å². The summed E-state index contributed by atoms with van der Waals surface area (Å²) in [4.78, 5) is 26.0. The molecule has 0 bridgehead atoms. The zero-order valence-corrected chi connectivity index (χ0v) is 7.83. The normalized spacial score (nSPS) is 7.71. The number of hydrogen-bond donors (Lipinski definition) is 0. The zero-order chi connectivity index (χ0) is 11.1. The molecule has 0 aliphatic heterocycles. The molecule has 0 aromatic carbocycles. The smallest absolute Gasteiger partial charge is 0.258 e. The van der Waals surface area contributed by atoms with Crippen LogP contribution in [0.1, 0.15) is 11.1 Å². The summed E-state index contributed by atoms with van der Waals surface area (Å²) in [5.41, 5.74) is 0.851. The second kappa shape index (κ2) is 5.59. The van der Waals surface area contributed by atoms with E-state index in [1.54, 1.807) is 6.92 Å². The van der Waals surface area contributed by atoms with Gasteiger partial charge in [0.05, 0.1) is 16.1 Å². The minimum atomic E-state index is -0.471. The summed E-state index contributed by atoms with van der Waals surface area (Å²) in [6, 6.07) is 1.88. The maximum atomic E-state index is 10.3. The first-order chi connectivity index (χ1) is 6.58. The lowest BCUT2D eigenvalue weighted by atomic mass is 10.2. The van der Waals surface area contributed by atoms with Crippen LogP contribution in [0.4, 0.5) is 5.00 Å². The lowest BCUT2D eigenvalue weighted by molar-refractivity contribution is -0.380. The number of carbonyl (C=O) groups excluding carboxylic acids is 2.